The Hall–Kier alpha value is -3.80. The van der Waals surface area contributed by atoms with Gasteiger partial charge in [0.1, 0.15) is 5.60 Å². The summed E-state index contributed by atoms with van der Waals surface area (Å²) in [5, 5.41) is 35.2. The number of H-pyrrole nitrogens is 1. The Bertz CT molecular complexity index is 1360. The van der Waals surface area contributed by atoms with E-state index in [2.05, 4.69) is 60.4 Å². The molecule has 40 heavy (non-hydrogen) atoms. The fourth-order valence-corrected chi connectivity index (χ4v) is 6.02. The average Bonchev–Trinajstić information content (AvgIpc) is 3.29. The van der Waals surface area contributed by atoms with Gasteiger partial charge in [0.15, 0.2) is 5.60 Å². The summed E-state index contributed by atoms with van der Waals surface area (Å²) in [7, 11) is 4.37. The maximum Gasteiger partial charge on any atom is 0.336 e. The number of aromatic amines is 1. The molecule has 1 aliphatic carbocycles. The molecular formula is C29H35N3O8. The molecule has 11 nitrogen and oxygen atoms in total. The van der Waals surface area contributed by atoms with Crippen LogP contribution in [-0.2, 0) is 36.7 Å². The molecule has 5 rings (SSSR count). The topological polar surface area (TPSA) is 173 Å². The molecule has 0 atom stereocenters. The van der Waals surface area contributed by atoms with Crippen LogP contribution in [-0.4, -0.2) is 79.5 Å². The second-order valence-electron chi connectivity index (χ2n) is 10.7. The number of pyridine rings is 1. The number of hydrogen-bond acceptors (Lipinski definition) is 7. The number of nitrogens with zero attached hydrogens (tertiary/aromatic N) is 2. The summed E-state index contributed by atoms with van der Waals surface area (Å²) in [5.41, 5.74) is 2.27. The lowest BCUT2D eigenvalue weighted by atomic mass is 9.69. The van der Waals surface area contributed by atoms with Gasteiger partial charge in [0.25, 0.3) is 0 Å². The van der Waals surface area contributed by atoms with E-state index in [-0.39, 0.29) is 11.1 Å². The highest BCUT2D eigenvalue weighted by Crippen LogP contribution is 2.52. The van der Waals surface area contributed by atoms with Crippen molar-refractivity contribution in [3.8, 4) is 0 Å². The van der Waals surface area contributed by atoms with E-state index in [1.807, 2.05) is 12.3 Å². The van der Waals surface area contributed by atoms with Gasteiger partial charge in [0, 0.05) is 17.1 Å². The summed E-state index contributed by atoms with van der Waals surface area (Å²) in [4.78, 5) is 41.3. The van der Waals surface area contributed by atoms with Gasteiger partial charge in [0.2, 0.25) is 0 Å². The number of nitrogens with one attached hydrogen (secondary N) is 1. The molecule has 0 saturated heterocycles. The molecule has 0 bridgehead atoms. The number of aromatic nitrogens is 2. The van der Waals surface area contributed by atoms with Crippen LogP contribution in [0.4, 0.5) is 0 Å². The van der Waals surface area contributed by atoms with E-state index in [4.69, 9.17) is 30.1 Å². The van der Waals surface area contributed by atoms with Crippen LogP contribution in [0, 0.1) is 0 Å². The molecule has 1 spiro atoms. The summed E-state index contributed by atoms with van der Waals surface area (Å²) in [6, 6.07) is 14.9. The van der Waals surface area contributed by atoms with Crippen LogP contribution in [0.2, 0.25) is 0 Å². The van der Waals surface area contributed by atoms with E-state index in [1.165, 1.54) is 27.9 Å². The van der Waals surface area contributed by atoms with Gasteiger partial charge < -0.3 is 30.1 Å². The van der Waals surface area contributed by atoms with Crippen molar-refractivity contribution in [3.05, 3.63) is 65.6 Å². The molecule has 3 aromatic rings. The van der Waals surface area contributed by atoms with Crippen LogP contribution in [0.5, 0.6) is 0 Å². The zero-order valence-electron chi connectivity index (χ0n) is 22.6. The highest BCUT2D eigenvalue weighted by molar-refractivity contribution is 5.88. The van der Waals surface area contributed by atoms with Crippen molar-refractivity contribution >= 4 is 28.8 Å². The number of aliphatic hydroxyl groups is 1. The predicted molar refractivity (Wildman–Crippen MR) is 145 cm³/mol. The van der Waals surface area contributed by atoms with Gasteiger partial charge in [-0.2, -0.15) is 0 Å². The largest absolute Gasteiger partial charge is 0.481 e. The smallest absolute Gasteiger partial charge is 0.336 e. The number of fused-ring (bicyclic) bond motifs is 4. The maximum atomic E-state index is 10.3. The highest BCUT2D eigenvalue weighted by atomic mass is 16.5. The van der Waals surface area contributed by atoms with E-state index in [1.54, 1.807) is 0 Å². The number of hydrogen-bond donors (Lipinski definition) is 5. The second kappa shape index (κ2) is 11.4. The summed E-state index contributed by atoms with van der Waals surface area (Å²) < 4.78 is 6.50. The van der Waals surface area contributed by atoms with Crippen molar-refractivity contribution in [3.63, 3.8) is 0 Å². The Labute approximate surface area is 231 Å². The molecular weight excluding hydrogens is 518 g/mol. The van der Waals surface area contributed by atoms with E-state index < -0.39 is 36.4 Å². The Balaban J connectivity index is 0.000000243. The average molecular weight is 554 g/mol. The van der Waals surface area contributed by atoms with Crippen molar-refractivity contribution in [2.24, 2.45) is 0 Å². The third-order valence-corrected chi connectivity index (χ3v) is 8.17. The minimum absolute atomic E-state index is 0.0144. The normalized spacial score (nSPS) is 22.4. The third kappa shape index (κ3) is 5.58. The number of rotatable bonds is 7. The molecule has 0 amide bonds. The van der Waals surface area contributed by atoms with Gasteiger partial charge in [-0.05, 0) is 70.0 Å². The van der Waals surface area contributed by atoms with E-state index in [9.17, 15) is 14.4 Å². The first-order valence-corrected chi connectivity index (χ1v) is 13.1. The number of benzene rings is 1. The van der Waals surface area contributed by atoms with Gasteiger partial charge in [-0.3, -0.25) is 19.5 Å². The summed E-state index contributed by atoms with van der Waals surface area (Å²) in [6.07, 6.45) is 4.75. The summed E-state index contributed by atoms with van der Waals surface area (Å²) >= 11 is 0. The SMILES string of the molecule is CN(C)C1(c2ccccn2)CCC2(CC1)OCCc1c2[nH]c2ccccc12.O=C(O)CC(O)(CC(=O)O)C(=O)O. The van der Waals surface area contributed by atoms with Crippen LogP contribution in [0.3, 0.4) is 0 Å². The molecule has 1 aromatic carbocycles. The number of carboxylic acids is 3. The quantitative estimate of drug-likeness (QED) is 0.292. The monoisotopic (exact) mass is 553 g/mol. The van der Waals surface area contributed by atoms with Crippen molar-refractivity contribution in [2.45, 2.75) is 61.7 Å². The van der Waals surface area contributed by atoms with Crippen molar-refractivity contribution in [1.29, 1.82) is 0 Å². The van der Waals surface area contributed by atoms with Gasteiger partial charge >= 0.3 is 17.9 Å². The first-order chi connectivity index (χ1) is 18.9. The first kappa shape index (κ1) is 29.2. The van der Waals surface area contributed by atoms with Crippen LogP contribution in [0.25, 0.3) is 10.9 Å². The van der Waals surface area contributed by atoms with Gasteiger partial charge in [-0.25, -0.2) is 4.79 Å². The standard InChI is InChI=1S/C23H27N3O.C6H8O7/c1-26(2)22(20-9-5-6-15-24-20)11-13-23(14-12-22)21-18(10-16-27-23)17-7-3-4-8-19(17)25-21;7-3(8)1-6(13,5(11)12)2-4(9)10/h3-9,15,25H,10-14,16H2,1-2H3;13H,1-2H2,(H,7,8)(H,9,10)(H,11,12). The van der Waals surface area contributed by atoms with Crippen molar-refractivity contribution in [1.82, 2.24) is 14.9 Å². The van der Waals surface area contributed by atoms with Gasteiger partial charge in [-0.15, -0.1) is 0 Å². The van der Waals surface area contributed by atoms with Crippen molar-refractivity contribution in [2.75, 3.05) is 20.7 Å². The van der Waals surface area contributed by atoms with E-state index in [0.717, 1.165) is 38.7 Å². The molecule has 5 N–H and O–H groups in total. The van der Waals surface area contributed by atoms with Crippen LogP contribution in [0.15, 0.2) is 48.7 Å². The third-order valence-electron chi connectivity index (χ3n) is 8.17. The van der Waals surface area contributed by atoms with E-state index in [0.29, 0.717) is 0 Å². The molecule has 1 aliphatic heterocycles. The molecule has 0 radical (unpaired) electrons. The predicted octanol–water partition coefficient (Wildman–Crippen LogP) is 3.11. The van der Waals surface area contributed by atoms with E-state index >= 15 is 0 Å². The van der Waals surface area contributed by atoms with Gasteiger partial charge in [-0.1, -0.05) is 24.3 Å². The fraction of sp³-hybridized carbons (Fsp3) is 0.448. The number of carboxylic acid groups (broad SMARTS) is 3. The zero-order valence-corrected chi connectivity index (χ0v) is 22.6. The molecule has 1 fully saturated rings. The molecule has 2 aromatic heterocycles. The lowest BCUT2D eigenvalue weighted by Crippen LogP contribution is -2.50. The Morgan fingerprint density at radius 1 is 0.975 bits per heavy atom. The number of aliphatic carboxylic acids is 3. The molecule has 0 unspecified atom stereocenters. The number of para-hydroxylation sites is 1. The Morgan fingerprint density at radius 3 is 2.15 bits per heavy atom. The fourth-order valence-electron chi connectivity index (χ4n) is 6.02. The van der Waals surface area contributed by atoms with Crippen LogP contribution in [0.1, 0.15) is 55.5 Å². The maximum absolute atomic E-state index is 10.3. The second-order valence-corrected chi connectivity index (χ2v) is 10.7. The molecule has 11 heteroatoms. The van der Waals surface area contributed by atoms with Crippen LogP contribution < -0.4 is 0 Å². The lowest BCUT2D eigenvalue weighted by Gasteiger charge is -2.50. The highest BCUT2D eigenvalue weighted by Gasteiger charge is 2.49. The van der Waals surface area contributed by atoms with Crippen LogP contribution >= 0.6 is 0 Å². The summed E-state index contributed by atoms with van der Waals surface area (Å²) in [6.45, 7) is 0.813. The molecule has 1 saturated carbocycles. The minimum Gasteiger partial charge on any atom is -0.481 e. The van der Waals surface area contributed by atoms with Gasteiger partial charge in [0.05, 0.1) is 36.4 Å². The molecule has 2 aliphatic rings. The number of ether oxygens (including phenoxy) is 1. The Kier molecular flexibility index (Phi) is 8.29. The Morgan fingerprint density at radius 2 is 1.60 bits per heavy atom. The first-order valence-electron chi connectivity index (χ1n) is 13.1. The summed E-state index contributed by atoms with van der Waals surface area (Å²) in [5.74, 6) is -5.02. The van der Waals surface area contributed by atoms with Crippen molar-refractivity contribution < 1.29 is 39.5 Å². The zero-order chi connectivity index (χ0) is 29.1. The minimum atomic E-state index is -2.74. The number of carbonyl (C=O) groups is 3. The molecule has 3 heterocycles. The lowest BCUT2D eigenvalue weighted by molar-refractivity contribution is -0.170. The molecule has 214 valence electrons.